The third-order valence-electron chi connectivity index (χ3n) is 4.13. The number of anilines is 1. The van der Waals surface area contributed by atoms with Crippen molar-refractivity contribution in [3.63, 3.8) is 0 Å². The number of benzene rings is 1. The SMILES string of the molecule is Cl.Cl.O=C(C=Cc1cnc(N[C@@H]2CCN(Cc3cccc(O)c3)C2)cn1)NO. The minimum atomic E-state index is -0.619. The molecule has 1 fully saturated rings. The number of amides is 1. The molecule has 2 aromatic rings. The van der Waals surface area contributed by atoms with E-state index in [1.54, 1.807) is 24.5 Å². The number of halogens is 2. The number of aromatic nitrogens is 2. The lowest BCUT2D eigenvalue weighted by Gasteiger charge is -2.17. The van der Waals surface area contributed by atoms with Crippen molar-refractivity contribution in [2.45, 2.75) is 19.0 Å². The standard InChI is InChI=1S/C18H21N5O3.2ClH/c24-16-3-1-2-13(8-16)11-23-7-6-15(12-23)21-17-10-19-14(9-20-17)4-5-18(25)22-26;;/h1-5,8-10,15,24,26H,6-7,11-12H2,(H,20,21)(H,22,25);2*1H/t15-;;/m1../s1. The minimum Gasteiger partial charge on any atom is -0.508 e. The van der Waals surface area contributed by atoms with E-state index >= 15 is 0 Å². The van der Waals surface area contributed by atoms with Crippen molar-refractivity contribution in [2.75, 3.05) is 18.4 Å². The number of carbonyl (C=O) groups is 1. The van der Waals surface area contributed by atoms with E-state index in [0.717, 1.165) is 31.6 Å². The Balaban J connectivity index is 0.00000196. The van der Waals surface area contributed by atoms with Crippen molar-refractivity contribution in [1.29, 1.82) is 0 Å². The summed E-state index contributed by atoms with van der Waals surface area (Å²) in [6.45, 7) is 2.66. The average molecular weight is 428 g/mol. The summed E-state index contributed by atoms with van der Waals surface area (Å²) < 4.78 is 0. The Morgan fingerprint density at radius 2 is 2.11 bits per heavy atom. The molecule has 1 aromatic carbocycles. The van der Waals surface area contributed by atoms with E-state index in [2.05, 4.69) is 20.2 Å². The molecule has 1 aliphatic rings. The van der Waals surface area contributed by atoms with Crippen LogP contribution >= 0.6 is 24.8 Å². The summed E-state index contributed by atoms with van der Waals surface area (Å²) >= 11 is 0. The monoisotopic (exact) mass is 427 g/mol. The van der Waals surface area contributed by atoms with Crippen molar-refractivity contribution < 1.29 is 15.1 Å². The minimum absolute atomic E-state index is 0. The van der Waals surface area contributed by atoms with Crippen LogP contribution < -0.4 is 10.8 Å². The van der Waals surface area contributed by atoms with Crippen molar-refractivity contribution in [3.05, 3.63) is 54.0 Å². The molecule has 3 rings (SSSR count). The first-order chi connectivity index (χ1) is 12.6. The second-order valence-corrected chi connectivity index (χ2v) is 6.17. The molecule has 10 heteroatoms. The number of hydroxylamine groups is 1. The van der Waals surface area contributed by atoms with Crippen LogP contribution in [0.25, 0.3) is 6.08 Å². The Labute approximate surface area is 175 Å². The number of nitrogens with one attached hydrogen (secondary N) is 2. The van der Waals surface area contributed by atoms with Gasteiger partial charge in [0.2, 0.25) is 0 Å². The zero-order chi connectivity index (χ0) is 18.4. The fourth-order valence-corrected chi connectivity index (χ4v) is 2.91. The summed E-state index contributed by atoms with van der Waals surface area (Å²) in [4.78, 5) is 21.8. The molecule has 1 amide bonds. The molecule has 8 nitrogen and oxygen atoms in total. The van der Waals surface area contributed by atoms with Gasteiger partial charge in [-0.05, 0) is 30.2 Å². The van der Waals surface area contributed by atoms with Crippen LogP contribution in [0.2, 0.25) is 0 Å². The largest absolute Gasteiger partial charge is 0.508 e. The first-order valence-corrected chi connectivity index (χ1v) is 8.33. The molecule has 0 radical (unpaired) electrons. The topological polar surface area (TPSA) is 111 Å². The fraction of sp³-hybridized carbons (Fsp3) is 0.278. The predicted octanol–water partition coefficient (Wildman–Crippen LogP) is 2.23. The Kier molecular flexibility index (Phi) is 9.67. The number of carbonyl (C=O) groups excluding carboxylic acids is 1. The predicted molar refractivity (Wildman–Crippen MR) is 111 cm³/mol. The van der Waals surface area contributed by atoms with Gasteiger partial charge in [-0.2, -0.15) is 0 Å². The highest BCUT2D eigenvalue weighted by molar-refractivity contribution is 5.90. The molecule has 1 aliphatic heterocycles. The molecule has 4 N–H and O–H groups in total. The van der Waals surface area contributed by atoms with Crippen LogP contribution in [-0.2, 0) is 11.3 Å². The normalized spacial score (nSPS) is 16.2. The molecule has 0 unspecified atom stereocenters. The van der Waals surface area contributed by atoms with Crippen molar-refractivity contribution in [2.24, 2.45) is 0 Å². The first kappa shape index (κ1) is 23.6. The molecule has 1 atom stereocenters. The highest BCUT2D eigenvalue weighted by Crippen LogP contribution is 2.18. The van der Waals surface area contributed by atoms with Gasteiger partial charge < -0.3 is 10.4 Å². The molecule has 2 heterocycles. The Morgan fingerprint density at radius 1 is 1.29 bits per heavy atom. The average Bonchev–Trinajstić information content (AvgIpc) is 3.07. The molecule has 0 spiro atoms. The van der Waals surface area contributed by atoms with Gasteiger partial charge in [-0.3, -0.25) is 19.9 Å². The lowest BCUT2D eigenvalue weighted by Crippen LogP contribution is -2.26. The summed E-state index contributed by atoms with van der Waals surface area (Å²) in [5.74, 6) is 0.349. The van der Waals surface area contributed by atoms with Crippen LogP contribution in [0.4, 0.5) is 5.82 Å². The molecule has 1 saturated heterocycles. The number of aromatic hydroxyl groups is 1. The first-order valence-electron chi connectivity index (χ1n) is 8.33. The van der Waals surface area contributed by atoms with Crippen molar-refractivity contribution in [1.82, 2.24) is 20.3 Å². The van der Waals surface area contributed by atoms with Gasteiger partial charge in [-0.25, -0.2) is 10.5 Å². The van der Waals surface area contributed by atoms with E-state index in [1.807, 2.05) is 12.1 Å². The van der Waals surface area contributed by atoms with Gasteiger partial charge in [0.05, 0.1) is 18.1 Å². The summed E-state index contributed by atoms with van der Waals surface area (Å²) in [5.41, 5.74) is 3.13. The van der Waals surface area contributed by atoms with E-state index in [9.17, 15) is 9.90 Å². The molecule has 0 aliphatic carbocycles. The summed E-state index contributed by atoms with van der Waals surface area (Å²) in [7, 11) is 0. The van der Waals surface area contributed by atoms with Crippen LogP contribution in [0.5, 0.6) is 5.75 Å². The van der Waals surface area contributed by atoms with E-state index < -0.39 is 5.91 Å². The number of phenols is 1. The highest BCUT2D eigenvalue weighted by Gasteiger charge is 2.22. The Hall–Kier alpha value is -2.39. The molecular formula is C18H23Cl2N5O3. The number of hydrogen-bond acceptors (Lipinski definition) is 7. The van der Waals surface area contributed by atoms with Gasteiger partial charge in [0.1, 0.15) is 11.6 Å². The molecule has 0 saturated carbocycles. The fourth-order valence-electron chi connectivity index (χ4n) is 2.91. The third-order valence-corrected chi connectivity index (χ3v) is 4.13. The van der Waals surface area contributed by atoms with Crippen LogP contribution in [0.1, 0.15) is 17.7 Å². The Bertz CT molecular complexity index is 789. The van der Waals surface area contributed by atoms with E-state index in [0.29, 0.717) is 11.5 Å². The Morgan fingerprint density at radius 3 is 2.79 bits per heavy atom. The van der Waals surface area contributed by atoms with Crippen molar-refractivity contribution >= 4 is 42.6 Å². The number of phenolic OH excluding ortho intramolecular Hbond substituents is 1. The number of hydrogen-bond donors (Lipinski definition) is 4. The molecular weight excluding hydrogens is 405 g/mol. The van der Waals surface area contributed by atoms with Crippen molar-refractivity contribution in [3.8, 4) is 5.75 Å². The van der Waals surface area contributed by atoms with Gasteiger partial charge in [0.15, 0.2) is 0 Å². The summed E-state index contributed by atoms with van der Waals surface area (Å²) in [6.07, 6.45) is 6.82. The quantitative estimate of drug-likeness (QED) is 0.317. The second-order valence-electron chi connectivity index (χ2n) is 6.17. The maximum absolute atomic E-state index is 10.9. The van der Waals surface area contributed by atoms with E-state index in [-0.39, 0.29) is 36.6 Å². The number of rotatable bonds is 6. The lowest BCUT2D eigenvalue weighted by molar-refractivity contribution is -0.124. The molecule has 0 bridgehead atoms. The maximum atomic E-state index is 10.9. The van der Waals surface area contributed by atoms with E-state index in [4.69, 9.17) is 5.21 Å². The molecule has 152 valence electrons. The molecule has 28 heavy (non-hydrogen) atoms. The summed E-state index contributed by atoms with van der Waals surface area (Å²) in [5, 5.41) is 21.3. The van der Waals surface area contributed by atoms with Gasteiger partial charge in [-0.15, -0.1) is 24.8 Å². The second kappa shape index (κ2) is 11.5. The van der Waals surface area contributed by atoms with Crippen LogP contribution in [0.3, 0.4) is 0 Å². The van der Waals surface area contributed by atoms with E-state index in [1.165, 1.54) is 17.6 Å². The number of likely N-dealkylation sites (tertiary alicyclic amines) is 1. The lowest BCUT2D eigenvalue weighted by atomic mass is 10.2. The number of nitrogens with zero attached hydrogens (tertiary/aromatic N) is 3. The van der Waals surface area contributed by atoms with Gasteiger partial charge in [0, 0.05) is 31.8 Å². The van der Waals surface area contributed by atoms with Crippen LogP contribution in [0.15, 0.2) is 42.7 Å². The van der Waals surface area contributed by atoms with Crippen LogP contribution in [-0.4, -0.2) is 50.2 Å². The van der Waals surface area contributed by atoms with Gasteiger partial charge >= 0.3 is 0 Å². The third kappa shape index (κ3) is 6.97. The van der Waals surface area contributed by atoms with Crippen LogP contribution in [0, 0.1) is 0 Å². The molecule has 1 aromatic heterocycles. The zero-order valence-corrected chi connectivity index (χ0v) is 16.6. The zero-order valence-electron chi connectivity index (χ0n) is 15.0. The smallest absolute Gasteiger partial charge is 0.267 e. The maximum Gasteiger partial charge on any atom is 0.267 e. The highest BCUT2D eigenvalue weighted by atomic mass is 35.5. The van der Waals surface area contributed by atoms with Gasteiger partial charge in [-0.1, -0.05) is 12.1 Å². The van der Waals surface area contributed by atoms with Gasteiger partial charge in [0.25, 0.3) is 5.91 Å². The summed E-state index contributed by atoms with van der Waals surface area (Å²) in [6, 6.07) is 7.60.